The minimum absolute atomic E-state index is 0.0759. The number of anilines is 2. The van der Waals surface area contributed by atoms with E-state index in [1.54, 1.807) is 36.4 Å². The van der Waals surface area contributed by atoms with Gasteiger partial charge in [0.25, 0.3) is 0 Å². The van der Waals surface area contributed by atoms with Gasteiger partial charge in [-0.1, -0.05) is 60.7 Å². The molecule has 0 fully saturated rings. The number of hydrogen-bond donors (Lipinski definition) is 3. The quantitative estimate of drug-likeness (QED) is 0.181. The van der Waals surface area contributed by atoms with Gasteiger partial charge in [0.05, 0.1) is 5.92 Å². The van der Waals surface area contributed by atoms with Crippen molar-refractivity contribution in [3.8, 4) is 11.1 Å². The summed E-state index contributed by atoms with van der Waals surface area (Å²) in [5.74, 6) is -4.04. The van der Waals surface area contributed by atoms with Crippen molar-refractivity contribution >= 4 is 29.2 Å². The number of hydrogen-bond acceptors (Lipinski definition) is 3. The molecule has 6 nitrogen and oxygen atoms in total. The molecule has 0 saturated heterocycles. The molecular formula is C32H28F2N2O4. The summed E-state index contributed by atoms with van der Waals surface area (Å²) in [6.07, 6.45) is 0.885. The number of rotatable bonds is 10. The monoisotopic (exact) mass is 542 g/mol. The van der Waals surface area contributed by atoms with Gasteiger partial charge in [-0.15, -0.1) is 0 Å². The normalized spacial score (nSPS) is 11.5. The number of carboxylic acid groups (broad SMARTS) is 1. The fraction of sp³-hybridized carbons (Fsp3) is 0.156. The van der Waals surface area contributed by atoms with E-state index >= 15 is 0 Å². The zero-order valence-corrected chi connectivity index (χ0v) is 21.8. The van der Waals surface area contributed by atoms with Crippen molar-refractivity contribution in [1.29, 1.82) is 0 Å². The van der Waals surface area contributed by atoms with Crippen LogP contribution in [0.15, 0.2) is 91.0 Å². The first-order valence-electron chi connectivity index (χ1n) is 12.7. The van der Waals surface area contributed by atoms with Crippen molar-refractivity contribution < 1.29 is 28.3 Å². The Balaban J connectivity index is 1.37. The molecule has 4 rings (SSSR count). The van der Waals surface area contributed by atoms with E-state index in [1.165, 1.54) is 6.07 Å². The van der Waals surface area contributed by atoms with Gasteiger partial charge in [-0.25, -0.2) is 13.6 Å². The fourth-order valence-corrected chi connectivity index (χ4v) is 4.41. The molecule has 4 aromatic carbocycles. The van der Waals surface area contributed by atoms with Gasteiger partial charge < -0.3 is 15.7 Å². The van der Waals surface area contributed by atoms with Crippen LogP contribution in [-0.2, 0) is 11.2 Å². The average molecular weight is 543 g/mol. The topological polar surface area (TPSA) is 95.5 Å². The molecule has 1 atom stereocenters. The molecule has 0 radical (unpaired) electrons. The van der Waals surface area contributed by atoms with Crippen LogP contribution >= 0.6 is 0 Å². The first-order valence-corrected chi connectivity index (χ1v) is 12.7. The van der Waals surface area contributed by atoms with Gasteiger partial charge in [-0.2, -0.15) is 0 Å². The highest BCUT2D eigenvalue weighted by Gasteiger charge is 2.22. The van der Waals surface area contributed by atoms with E-state index in [4.69, 9.17) is 0 Å². The summed E-state index contributed by atoms with van der Waals surface area (Å²) in [7, 11) is 0. The number of ketones is 1. The molecule has 0 spiro atoms. The minimum Gasteiger partial charge on any atom is -0.481 e. The summed E-state index contributed by atoms with van der Waals surface area (Å²) >= 11 is 0. The van der Waals surface area contributed by atoms with Crippen molar-refractivity contribution in [2.24, 2.45) is 5.92 Å². The maximum atomic E-state index is 13.4. The van der Waals surface area contributed by atoms with Gasteiger partial charge in [0.15, 0.2) is 17.4 Å². The predicted molar refractivity (Wildman–Crippen MR) is 150 cm³/mol. The molecule has 3 N–H and O–H groups in total. The van der Waals surface area contributed by atoms with Crippen LogP contribution in [0.25, 0.3) is 11.1 Å². The first-order chi connectivity index (χ1) is 19.2. The van der Waals surface area contributed by atoms with E-state index in [0.29, 0.717) is 24.1 Å². The van der Waals surface area contributed by atoms with E-state index in [9.17, 15) is 28.3 Å². The smallest absolute Gasteiger partial charge is 0.323 e. The zero-order valence-electron chi connectivity index (χ0n) is 21.8. The maximum absolute atomic E-state index is 13.4. The van der Waals surface area contributed by atoms with Crippen LogP contribution in [0.2, 0.25) is 0 Å². The molecule has 0 aromatic heterocycles. The SMILES string of the molecule is Cc1cc(NC(=O)Nc2ccc(F)c(F)c2)ccc1-c1ccc(C(=O)CC(CCc2ccccc2)C(=O)O)cc1. The Morgan fingerprint density at radius 2 is 1.45 bits per heavy atom. The summed E-state index contributed by atoms with van der Waals surface area (Å²) in [5.41, 5.74) is 4.69. The number of carboxylic acids is 1. The third kappa shape index (κ3) is 7.38. The highest BCUT2D eigenvalue weighted by molar-refractivity contribution is 6.00. The zero-order chi connectivity index (χ0) is 28.6. The van der Waals surface area contributed by atoms with Crippen LogP contribution < -0.4 is 10.6 Å². The number of halogens is 2. The summed E-state index contributed by atoms with van der Waals surface area (Å²) < 4.78 is 26.5. The van der Waals surface area contributed by atoms with Crippen LogP contribution in [0, 0.1) is 24.5 Å². The Kier molecular flexibility index (Phi) is 9.01. The Morgan fingerprint density at radius 1 is 0.800 bits per heavy atom. The number of carbonyl (C=O) groups excluding carboxylic acids is 2. The summed E-state index contributed by atoms with van der Waals surface area (Å²) in [5, 5.41) is 14.7. The van der Waals surface area contributed by atoms with E-state index < -0.39 is 29.6 Å². The lowest BCUT2D eigenvalue weighted by molar-refractivity contribution is -0.141. The van der Waals surface area contributed by atoms with Crippen molar-refractivity contribution in [3.05, 3.63) is 119 Å². The van der Waals surface area contributed by atoms with Gasteiger partial charge in [-0.05, 0) is 66.3 Å². The number of benzene rings is 4. The molecule has 2 amide bonds. The molecule has 0 aliphatic rings. The number of carbonyl (C=O) groups is 3. The molecule has 1 unspecified atom stereocenters. The largest absolute Gasteiger partial charge is 0.481 e. The number of Topliss-reactive ketones (excluding diaryl/α,β-unsaturated/α-hetero) is 1. The maximum Gasteiger partial charge on any atom is 0.323 e. The Hall–Kier alpha value is -4.85. The standard InChI is InChI=1S/C32H28F2N2O4/c1-20-17-25(35-32(40)36-26-14-16-28(33)29(34)19-26)13-15-27(20)22-9-11-23(12-10-22)30(37)18-24(31(38)39)8-7-21-5-3-2-4-6-21/h2-6,9-17,19,24H,7-8,18H2,1H3,(H,38,39)(H2,35,36,40). The average Bonchev–Trinajstić information content (AvgIpc) is 2.93. The van der Waals surface area contributed by atoms with Gasteiger partial charge >= 0.3 is 12.0 Å². The Bertz CT molecular complexity index is 1520. The lowest BCUT2D eigenvalue weighted by Crippen LogP contribution is -2.19. The molecule has 8 heteroatoms. The molecule has 4 aromatic rings. The second kappa shape index (κ2) is 12.8. The van der Waals surface area contributed by atoms with Crippen LogP contribution in [0.5, 0.6) is 0 Å². The van der Waals surface area contributed by atoms with Gasteiger partial charge in [0, 0.05) is 29.4 Å². The number of aliphatic carboxylic acids is 1. The van der Waals surface area contributed by atoms with Crippen LogP contribution in [0.3, 0.4) is 0 Å². The molecule has 40 heavy (non-hydrogen) atoms. The highest BCUT2D eigenvalue weighted by Crippen LogP contribution is 2.27. The third-order valence-corrected chi connectivity index (χ3v) is 6.58. The van der Waals surface area contributed by atoms with Crippen molar-refractivity contribution in [2.75, 3.05) is 10.6 Å². The number of aryl methyl sites for hydroxylation is 2. The highest BCUT2D eigenvalue weighted by atomic mass is 19.2. The van der Waals surface area contributed by atoms with Crippen LogP contribution in [0.1, 0.15) is 34.3 Å². The molecule has 0 heterocycles. The van der Waals surface area contributed by atoms with Crippen molar-refractivity contribution in [2.45, 2.75) is 26.2 Å². The van der Waals surface area contributed by atoms with Gasteiger partial charge in [-0.3, -0.25) is 9.59 Å². The number of nitrogens with one attached hydrogen (secondary N) is 2. The van der Waals surface area contributed by atoms with Crippen molar-refractivity contribution in [1.82, 2.24) is 0 Å². The molecule has 204 valence electrons. The van der Waals surface area contributed by atoms with E-state index in [1.807, 2.05) is 43.3 Å². The number of amides is 2. The Labute approximate surface area is 230 Å². The van der Waals surface area contributed by atoms with Crippen LogP contribution in [0.4, 0.5) is 25.0 Å². The fourth-order valence-electron chi connectivity index (χ4n) is 4.41. The van der Waals surface area contributed by atoms with Gasteiger partial charge in [0.1, 0.15) is 0 Å². The first kappa shape index (κ1) is 28.2. The molecule has 0 aliphatic heterocycles. The molecular weight excluding hydrogens is 514 g/mol. The van der Waals surface area contributed by atoms with E-state index in [2.05, 4.69) is 10.6 Å². The second-order valence-electron chi connectivity index (χ2n) is 9.50. The Morgan fingerprint density at radius 3 is 2.08 bits per heavy atom. The summed E-state index contributed by atoms with van der Waals surface area (Å²) in [6.45, 7) is 1.87. The van der Waals surface area contributed by atoms with Crippen molar-refractivity contribution in [3.63, 3.8) is 0 Å². The molecule has 0 saturated carbocycles. The summed E-state index contributed by atoms with van der Waals surface area (Å²) in [4.78, 5) is 36.9. The minimum atomic E-state index is -1.06. The lowest BCUT2D eigenvalue weighted by atomic mass is 9.91. The van der Waals surface area contributed by atoms with E-state index in [0.717, 1.165) is 34.4 Å². The van der Waals surface area contributed by atoms with Crippen LogP contribution in [-0.4, -0.2) is 22.9 Å². The third-order valence-electron chi connectivity index (χ3n) is 6.58. The molecule has 0 bridgehead atoms. The van der Waals surface area contributed by atoms with E-state index in [-0.39, 0.29) is 17.9 Å². The predicted octanol–water partition coefficient (Wildman–Crippen LogP) is 7.49. The number of urea groups is 1. The second-order valence-corrected chi connectivity index (χ2v) is 9.50. The summed E-state index contributed by atoms with van der Waals surface area (Å²) in [6, 6.07) is 24.3. The lowest BCUT2D eigenvalue weighted by Gasteiger charge is -2.13. The molecule has 0 aliphatic carbocycles. The van der Waals surface area contributed by atoms with Gasteiger partial charge in [0.2, 0.25) is 0 Å².